The molecule has 0 fully saturated rings. The highest BCUT2D eigenvalue weighted by Gasteiger charge is 2.28. The molecule has 1 heterocycles. The molecule has 1 aromatic heterocycles. The number of benzene rings is 1. The maximum absolute atomic E-state index is 12.9. The molecule has 0 aliphatic rings. The molecule has 0 bridgehead atoms. The lowest BCUT2D eigenvalue weighted by Crippen LogP contribution is -2.31. The van der Waals surface area contributed by atoms with Gasteiger partial charge in [0.05, 0.1) is 11.4 Å². The largest absolute Gasteiger partial charge is 0.398 e. The normalized spacial score (nSPS) is 11.4. The van der Waals surface area contributed by atoms with Gasteiger partial charge in [-0.25, -0.2) is 8.42 Å². The van der Waals surface area contributed by atoms with Gasteiger partial charge in [0, 0.05) is 27.9 Å². The second kappa shape index (κ2) is 6.33. The minimum Gasteiger partial charge on any atom is -0.398 e. The van der Waals surface area contributed by atoms with Crippen LogP contribution in [0.3, 0.4) is 0 Å². The monoisotopic (exact) mass is 433 g/mol. The molecule has 0 saturated heterocycles. The van der Waals surface area contributed by atoms with E-state index in [1.165, 1.54) is 4.31 Å². The fourth-order valence-electron chi connectivity index (χ4n) is 1.96. The van der Waals surface area contributed by atoms with E-state index in [0.29, 0.717) is 14.6 Å². The van der Waals surface area contributed by atoms with Crippen LogP contribution in [0.1, 0.15) is 6.92 Å². The average molecular weight is 435 g/mol. The second-order valence-corrected chi connectivity index (χ2v) is 7.75. The summed E-state index contributed by atoms with van der Waals surface area (Å²) in [6, 6.07) is 6.51. The molecular formula is C13H13Br2N3O2S. The highest BCUT2D eigenvalue weighted by Crippen LogP contribution is 2.35. The van der Waals surface area contributed by atoms with Crippen LogP contribution >= 0.6 is 31.9 Å². The van der Waals surface area contributed by atoms with Crippen LogP contribution in [0.25, 0.3) is 0 Å². The third-order valence-electron chi connectivity index (χ3n) is 2.82. The second-order valence-electron chi connectivity index (χ2n) is 4.18. The smallest absolute Gasteiger partial charge is 0.267 e. The summed E-state index contributed by atoms with van der Waals surface area (Å²) in [5.41, 5.74) is 6.63. The van der Waals surface area contributed by atoms with E-state index in [9.17, 15) is 8.42 Å². The third kappa shape index (κ3) is 3.22. The number of aromatic nitrogens is 1. The van der Waals surface area contributed by atoms with Crippen molar-refractivity contribution in [3.8, 4) is 0 Å². The molecule has 0 saturated carbocycles. The Morgan fingerprint density at radius 2 is 1.86 bits per heavy atom. The molecule has 112 valence electrons. The maximum Gasteiger partial charge on any atom is 0.267 e. The van der Waals surface area contributed by atoms with Crippen molar-refractivity contribution in [3.05, 3.63) is 45.6 Å². The zero-order chi connectivity index (χ0) is 15.6. The topological polar surface area (TPSA) is 76.3 Å². The summed E-state index contributed by atoms with van der Waals surface area (Å²) in [6.45, 7) is 2.05. The van der Waals surface area contributed by atoms with Crippen molar-refractivity contribution in [2.75, 3.05) is 16.6 Å². The van der Waals surface area contributed by atoms with Gasteiger partial charge in [-0.15, -0.1) is 0 Å². The van der Waals surface area contributed by atoms with Crippen molar-refractivity contribution >= 4 is 53.3 Å². The molecule has 0 aliphatic heterocycles. The van der Waals surface area contributed by atoms with Crippen LogP contribution in [0, 0.1) is 0 Å². The molecule has 0 unspecified atom stereocenters. The van der Waals surface area contributed by atoms with Crippen LogP contribution in [0.15, 0.2) is 50.5 Å². The predicted octanol–water partition coefficient (Wildman–Crippen LogP) is 3.40. The molecule has 1 aromatic carbocycles. The number of hydrogen-bond donors (Lipinski definition) is 1. The van der Waals surface area contributed by atoms with Gasteiger partial charge in [0.15, 0.2) is 0 Å². The Labute approximate surface area is 140 Å². The Morgan fingerprint density at radius 1 is 1.24 bits per heavy atom. The van der Waals surface area contributed by atoms with E-state index in [1.807, 2.05) is 0 Å². The Kier molecular flexibility index (Phi) is 4.90. The summed E-state index contributed by atoms with van der Waals surface area (Å²) in [6.07, 6.45) is 3.10. The van der Waals surface area contributed by atoms with Crippen molar-refractivity contribution in [2.24, 2.45) is 0 Å². The molecule has 2 rings (SSSR count). The van der Waals surface area contributed by atoms with Crippen LogP contribution in [-0.4, -0.2) is 19.9 Å². The number of nitrogens with zero attached hydrogens (tertiary/aromatic N) is 2. The Morgan fingerprint density at radius 3 is 2.38 bits per heavy atom. The van der Waals surface area contributed by atoms with Crippen molar-refractivity contribution < 1.29 is 8.42 Å². The number of sulfonamides is 1. The van der Waals surface area contributed by atoms with Gasteiger partial charge in [-0.05, 0) is 47.1 Å². The molecule has 0 amide bonds. The summed E-state index contributed by atoms with van der Waals surface area (Å²) >= 11 is 6.56. The molecular weight excluding hydrogens is 422 g/mol. The summed E-state index contributed by atoms with van der Waals surface area (Å²) in [5, 5.41) is 0. The quantitative estimate of drug-likeness (QED) is 0.748. The van der Waals surface area contributed by atoms with Crippen LogP contribution in [0.4, 0.5) is 11.4 Å². The number of nitrogen functional groups attached to an aromatic ring is 1. The zero-order valence-corrected chi connectivity index (χ0v) is 15.1. The summed E-state index contributed by atoms with van der Waals surface area (Å²) in [4.78, 5) is 3.96. The number of halogens is 2. The Balaban J connectivity index is 2.61. The number of nitrogens with two attached hydrogens (primary N) is 1. The number of anilines is 2. The predicted molar refractivity (Wildman–Crippen MR) is 90.7 cm³/mol. The summed E-state index contributed by atoms with van der Waals surface area (Å²) < 4.78 is 28.2. The van der Waals surface area contributed by atoms with E-state index >= 15 is 0 Å². The van der Waals surface area contributed by atoms with Crippen LogP contribution in [-0.2, 0) is 10.0 Å². The number of pyridine rings is 1. The first-order valence-corrected chi connectivity index (χ1v) is 9.07. The van der Waals surface area contributed by atoms with Crippen LogP contribution in [0.2, 0.25) is 0 Å². The summed E-state index contributed by atoms with van der Waals surface area (Å²) in [5.74, 6) is 0. The van der Waals surface area contributed by atoms with Gasteiger partial charge in [-0.2, -0.15) is 0 Å². The molecule has 0 aliphatic carbocycles. The van der Waals surface area contributed by atoms with E-state index in [2.05, 4.69) is 36.8 Å². The molecule has 5 nitrogen and oxygen atoms in total. The molecule has 2 aromatic rings. The number of hydrogen-bond acceptors (Lipinski definition) is 4. The molecule has 8 heteroatoms. The summed E-state index contributed by atoms with van der Waals surface area (Å²) in [7, 11) is -3.77. The molecule has 0 atom stereocenters. The van der Waals surface area contributed by atoms with Gasteiger partial charge >= 0.3 is 0 Å². The van der Waals surface area contributed by atoms with E-state index in [1.54, 1.807) is 43.6 Å². The highest BCUT2D eigenvalue weighted by molar-refractivity contribution is 9.11. The molecule has 0 spiro atoms. The molecule has 21 heavy (non-hydrogen) atoms. The molecule has 0 radical (unpaired) electrons. The van der Waals surface area contributed by atoms with Gasteiger partial charge in [0.25, 0.3) is 10.0 Å². The van der Waals surface area contributed by atoms with E-state index in [0.717, 1.165) is 0 Å². The zero-order valence-electron chi connectivity index (χ0n) is 11.1. The minimum absolute atomic E-state index is 0.0596. The van der Waals surface area contributed by atoms with Gasteiger partial charge in [0.2, 0.25) is 0 Å². The van der Waals surface area contributed by atoms with Gasteiger partial charge in [-0.1, -0.05) is 15.9 Å². The Bertz CT molecular complexity index is 728. The average Bonchev–Trinajstić information content (AvgIpc) is 2.38. The maximum atomic E-state index is 12.9. The van der Waals surface area contributed by atoms with E-state index in [-0.39, 0.29) is 17.1 Å². The fourth-order valence-corrected chi connectivity index (χ4v) is 5.46. The highest BCUT2D eigenvalue weighted by atomic mass is 79.9. The SMILES string of the molecule is CCN(c1ccncc1)S(=O)(=O)c1c(N)cc(Br)cc1Br. The lowest BCUT2D eigenvalue weighted by Gasteiger charge is -2.24. The molecule has 2 N–H and O–H groups in total. The van der Waals surface area contributed by atoms with Gasteiger partial charge in [-0.3, -0.25) is 9.29 Å². The first-order valence-electron chi connectivity index (χ1n) is 6.05. The lowest BCUT2D eigenvalue weighted by molar-refractivity contribution is 0.592. The Hall–Kier alpha value is -1.12. The van der Waals surface area contributed by atoms with Gasteiger partial charge in [0.1, 0.15) is 4.90 Å². The first-order chi connectivity index (χ1) is 9.87. The standard InChI is InChI=1S/C13H13Br2N3O2S/c1-2-18(10-3-5-17-6-4-10)21(19,20)13-11(15)7-9(14)8-12(13)16/h3-8H,2,16H2,1H3. The van der Waals surface area contributed by atoms with Crippen molar-refractivity contribution in [2.45, 2.75) is 11.8 Å². The van der Waals surface area contributed by atoms with Crippen molar-refractivity contribution in [3.63, 3.8) is 0 Å². The van der Waals surface area contributed by atoms with Crippen molar-refractivity contribution in [1.29, 1.82) is 0 Å². The van der Waals surface area contributed by atoms with Gasteiger partial charge < -0.3 is 5.73 Å². The van der Waals surface area contributed by atoms with Crippen molar-refractivity contribution in [1.82, 2.24) is 4.98 Å². The number of rotatable bonds is 4. The minimum atomic E-state index is -3.77. The third-order valence-corrected chi connectivity index (χ3v) is 6.19. The van der Waals surface area contributed by atoms with E-state index < -0.39 is 10.0 Å². The lowest BCUT2D eigenvalue weighted by atomic mass is 10.3. The van der Waals surface area contributed by atoms with E-state index in [4.69, 9.17) is 5.73 Å². The fraction of sp³-hybridized carbons (Fsp3) is 0.154. The first kappa shape index (κ1) is 16.3. The van der Waals surface area contributed by atoms with Crippen LogP contribution in [0.5, 0.6) is 0 Å². The van der Waals surface area contributed by atoms with Crippen LogP contribution < -0.4 is 10.0 Å².